The first-order valence-electron chi connectivity index (χ1n) is 7.52. The van der Waals surface area contributed by atoms with Crippen molar-refractivity contribution in [1.29, 1.82) is 0 Å². The zero-order valence-corrected chi connectivity index (χ0v) is 16.1. The van der Waals surface area contributed by atoms with Crippen molar-refractivity contribution in [2.45, 2.75) is 23.2 Å². The number of rotatable bonds is 3. The zero-order valence-electron chi connectivity index (χ0n) is 13.1. The molecule has 2 aromatic rings. The van der Waals surface area contributed by atoms with Gasteiger partial charge in [-0.2, -0.15) is 0 Å². The second-order valence-corrected chi connectivity index (χ2v) is 9.14. The molecule has 0 atom stereocenters. The highest BCUT2D eigenvalue weighted by atomic mass is 127. The van der Waals surface area contributed by atoms with Crippen LogP contribution in [0.25, 0.3) is 0 Å². The Balaban J connectivity index is 1.70. The van der Waals surface area contributed by atoms with Crippen molar-refractivity contribution in [3.05, 3.63) is 39.7 Å². The standard InChI is InChI=1S/C15H17IN4O3S/c1-19-10-17-18-15(19)24(22,23)13-5-7-20(8-6-13)14(21)11-3-2-4-12(16)9-11/h2-4,9-10,13H,5-8H2,1H3. The third-order valence-electron chi connectivity index (χ3n) is 4.16. The number of amides is 1. The van der Waals surface area contributed by atoms with E-state index in [1.807, 2.05) is 18.2 Å². The van der Waals surface area contributed by atoms with Gasteiger partial charge < -0.3 is 9.47 Å². The number of hydrogen-bond acceptors (Lipinski definition) is 5. The molecule has 3 rings (SSSR count). The summed E-state index contributed by atoms with van der Waals surface area (Å²) >= 11 is 2.17. The van der Waals surface area contributed by atoms with Crippen molar-refractivity contribution in [3.8, 4) is 0 Å². The molecule has 7 nitrogen and oxygen atoms in total. The molecular formula is C15H17IN4O3S. The van der Waals surface area contributed by atoms with Crippen LogP contribution in [0.15, 0.2) is 35.7 Å². The van der Waals surface area contributed by atoms with E-state index in [-0.39, 0.29) is 11.1 Å². The summed E-state index contributed by atoms with van der Waals surface area (Å²) in [6, 6.07) is 7.40. The van der Waals surface area contributed by atoms with Gasteiger partial charge in [0, 0.05) is 29.3 Å². The summed E-state index contributed by atoms with van der Waals surface area (Å²) in [6.45, 7) is 0.845. The number of benzene rings is 1. The molecule has 0 unspecified atom stereocenters. The molecule has 0 bridgehead atoms. The number of carbonyl (C=O) groups is 1. The topological polar surface area (TPSA) is 85.2 Å². The van der Waals surface area contributed by atoms with Gasteiger partial charge in [0.2, 0.25) is 15.0 Å². The van der Waals surface area contributed by atoms with Crippen LogP contribution in [0.3, 0.4) is 0 Å². The van der Waals surface area contributed by atoms with Crippen LogP contribution < -0.4 is 0 Å². The predicted octanol–water partition coefficient (Wildman–Crippen LogP) is 1.50. The van der Waals surface area contributed by atoms with Gasteiger partial charge in [0.1, 0.15) is 6.33 Å². The van der Waals surface area contributed by atoms with Crippen LogP contribution in [-0.4, -0.2) is 52.3 Å². The van der Waals surface area contributed by atoms with Crippen LogP contribution in [0.4, 0.5) is 0 Å². The fourth-order valence-corrected chi connectivity index (χ4v) is 5.13. The summed E-state index contributed by atoms with van der Waals surface area (Å²) in [5.41, 5.74) is 0.636. The van der Waals surface area contributed by atoms with E-state index in [4.69, 9.17) is 0 Å². The van der Waals surface area contributed by atoms with E-state index in [0.717, 1.165) is 3.57 Å². The largest absolute Gasteiger partial charge is 0.339 e. The highest BCUT2D eigenvalue weighted by Gasteiger charge is 2.35. The third kappa shape index (κ3) is 3.32. The molecule has 1 amide bonds. The minimum Gasteiger partial charge on any atom is -0.339 e. The summed E-state index contributed by atoms with van der Waals surface area (Å²) in [4.78, 5) is 14.3. The van der Waals surface area contributed by atoms with Crippen LogP contribution >= 0.6 is 22.6 Å². The number of piperidine rings is 1. The number of aryl methyl sites for hydroxylation is 1. The van der Waals surface area contributed by atoms with Gasteiger partial charge in [-0.05, 0) is 53.6 Å². The summed E-state index contributed by atoms with van der Waals surface area (Å²) in [6.07, 6.45) is 2.19. The molecule has 1 saturated heterocycles. The molecule has 0 spiro atoms. The first kappa shape index (κ1) is 17.3. The number of aromatic nitrogens is 3. The molecule has 2 heterocycles. The normalized spacial score (nSPS) is 16.3. The smallest absolute Gasteiger partial charge is 0.253 e. The maximum atomic E-state index is 12.6. The number of likely N-dealkylation sites (tertiary alicyclic amines) is 1. The lowest BCUT2D eigenvalue weighted by Crippen LogP contribution is -2.42. The second kappa shape index (κ2) is 6.79. The number of hydrogen-bond donors (Lipinski definition) is 0. The predicted molar refractivity (Wildman–Crippen MR) is 96.3 cm³/mol. The Kier molecular flexibility index (Phi) is 4.90. The van der Waals surface area contributed by atoms with E-state index < -0.39 is 15.1 Å². The van der Waals surface area contributed by atoms with Gasteiger partial charge in [0.25, 0.3) is 5.91 Å². The van der Waals surface area contributed by atoms with Crippen molar-refractivity contribution < 1.29 is 13.2 Å². The molecule has 1 fully saturated rings. The van der Waals surface area contributed by atoms with Crippen molar-refractivity contribution in [2.75, 3.05) is 13.1 Å². The Morgan fingerprint density at radius 3 is 2.58 bits per heavy atom. The first-order valence-corrected chi connectivity index (χ1v) is 10.1. The third-order valence-corrected chi connectivity index (χ3v) is 7.06. The maximum Gasteiger partial charge on any atom is 0.253 e. The molecule has 24 heavy (non-hydrogen) atoms. The average molecular weight is 460 g/mol. The lowest BCUT2D eigenvalue weighted by Gasteiger charge is -2.31. The molecule has 9 heteroatoms. The number of nitrogens with zero attached hydrogens (tertiary/aromatic N) is 4. The number of sulfone groups is 1. The van der Waals surface area contributed by atoms with Gasteiger partial charge >= 0.3 is 0 Å². The molecule has 1 aromatic heterocycles. The Hall–Kier alpha value is -1.49. The number of carbonyl (C=O) groups excluding carboxylic acids is 1. The van der Waals surface area contributed by atoms with Crippen molar-refractivity contribution >= 4 is 38.3 Å². The van der Waals surface area contributed by atoms with Crippen LogP contribution in [0.5, 0.6) is 0 Å². The van der Waals surface area contributed by atoms with Crippen molar-refractivity contribution in [1.82, 2.24) is 19.7 Å². The lowest BCUT2D eigenvalue weighted by atomic mass is 10.1. The molecule has 0 aliphatic carbocycles. The van der Waals surface area contributed by atoms with E-state index in [9.17, 15) is 13.2 Å². The van der Waals surface area contributed by atoms with E-state index in [1.54, 1.807) is 18.0 Å². The van der Waals surface area contributed by atoms with Crippen LogP contribution in [0, 0.1) is 3.57 Å². The second-order valence-electron chi connectivity index (χ2n) is 5.77. The quantitative estimate of drug-likeness (QED) is 0.649. The Morgan fingerprint density at radius 2 is 2.00 bits per heavy atom. The van der Waals surface area contributed by atoms with Crippen molar-refractivity contribution in [2.24, 2.45) is 7.05 Å². The molecular weight excluding hydrogens is 443 g/mol. The Bertz CT molecular complexity index is 857. The van der Waals surface area contributed by atoms with E-state index in [2.05, 4.69) is 32.8 Å². The summed E-state index contributed by atoms with van der Waals surface area (Å²) in [7, 11) is -1.91. The molecule has 0 saturated carbocycles. The first-order chi connectivity index (χ1) is 11.4. The van der Waals surface area contributed by atoms with Crippen LogP contribution in [0.2, 0.25) is 0 Å². The van der Waals surface area contributed by atoms with Crippen molar-refractivity contribution in [3.63, 3.8) is 0 Å². The minimum atomic E-state index is -3.52. The highest BCUT2D eigenvalue weighted by molar-refractivity contribution is 14.1. The van der Waals surface area contributed by atoms with Gasteiger partial charge in [0.05, 0.1) is 5.25 Å². The molecule has 1 aliphatic rings. The van der Waals surface area contributed by atoms with Gasteiger partial charge in [-0.15, -0.1) is 10.2 Å². The molecule has 1 aromatic carbocycles. The van der Waals surface area contributed by atoms with Crippen LogP contribution in [-0.2, 0) is 16.9 Å². The summed E-state index contributed by atoms with van der Waals surface area (Å²) < 4.78 is 27.7. The number of halogens is 1. The summed E-state index contributed by atoms with van der Waals surface area (Å²) in [5, 5.41) is 6.82. The van der Waals surface area contributed by atoms with E-state index >= 15 is 0 Å². The molecule has 0 N–H and O–H groups in total. The Labute approximate surface area is 154 Å². The van der Waals surface area contributed by atoms with Gasteiger partial charge in [0.15, 0.2) is 0 Å². The summed E-state index contributed by atoms with van der Waals surface area (Å²) in [5.74, 6) is -0.0528. The highest BCUT2D eigenvalue weighted by Crippen LogP contribution is 2.24. The zero-order chi connectivity index (χ0) is 17.3. The lowest BCUT2D eigenvalue weighted by molar-refractivity contribution is 0.0725. The van der Waals surface area contributed by atoms with Gasteiger partial charge in [-0.1, -0.05) is 6.07 Å². The molecule has 1 aliphatic heterocycles. The van der Waals surface area contributed by atoms with E-state index in [1.165, 1.54) is 10.9 Å². The van der Waals surface area contributed by atoms with E-state index in [0.29, 0.717) is 31.5 Å². The molecule has 128 valence electrons. The fourth-order valence-electron chi connectivity index (χ4n) is 2.85. The minimum absolute atomic E-state index is 0.00936. The maximum absolute atomic E-state index is 12.6. The molecule has 0 radical (unpaired) electrons. The Morgan fingerprint density at radius 1 is 1.29 bits per heavy atom. The van der Waals surface area contributed by atoms with Gasteiger partial charge in [-0.3, -0.25) is 4.79 Å². The monoisotopic (exact) mass is 460 g/mol. The van der Waals surface area contributed by atoms with Crippen LogP contribution in [0.1, 0.15) is 23.2 Å². The SMILES string of the molecule is Cn1cnnc1S(=O)(=O)C1CCN(C(=O)c2cccc(I)c2)CC1. The van der Waals surface area contributed by atoms with Gasteiger partial charge in [-0.25, -0.2) is 8.42 Å². The fraction of sp³-hybridized carbons (Fsp3) is 0.400. The average Bonchev–Trinajstić information content (AvgIpc) is 3.01.